The Labute approximate surface area is 155 Å². The minimum atomic E-state index is -0.188. The lowest BCUT2D eigenvalue weighted by molar-refractivity contribution is 0.429. The van der Waals surface area contributed by atoms with E-state index >= 15 is 0 Å². The van der Waals surface area contributed by atoms with Gasteiger partial charge in [0.2, 0.25) is 0 Å². The second kappa shape index (κ2) is 8.65. The molecule has 4 nitrogen and oxygen atoms in total. The predicted octanol–water partition coefficient (Wildman–Crippen LogP) is 3.28. The third-order valence-corrected chi connectivity index (χ3v) is 4.73. The van der Waals surface area contributed by atoms with E-state index in [0.29, 0.717) is 5.82 Å². The number of rotatable bonds is 5. The van der Waals surface area contributed by atoms with Crippen molar-refractivity contribution in [3.8, 4) is 0 Å². The molecule has 1 saturated heterocycles. The van der Waals surface area contributed by atoms with Crippen LogP contribution >= 0.6 is 0 Å². The summed E-state index contributed by atoms with van der Waals surface area (Å²) in [5.41, 5.74) is 0. The van der Waals surface area contributed by atoms with Crippen LogP contribution in [0.1, 0.15) is 44.3 Å². The molecular weight excluding hydrogens is 322 g/mol. The average Bonchev–Trinajstić information content (AvgIpc) is 2.93. The first kappa shape index (κ1) is 18.2. The first-order valence-electron chi connectivity index (χ1n) is 9.39. The Balaban J connectivity index is 2.17. The molecule has 3 rings (SSSR count). The molecule has 1 atom stereocenters. The zero-order valence-corrected chi connectivity index (χ0v) is 15.4. The van der Waals surface area contributed by atoms with Crippen molar-refractivity contribution in [2.75, 3.05) is 18.0 Å². The van der Waals surface area contributed by atoms with Gasteiger partial charge in [0, 0.05) is 18.3 Å². The summed E-state index contributed by atoms with van der Waals surface area (Å²) in [5.74, 6) is 1.68. The highest BCUT2D eigenvalue weighted by molar-refractivity contribution is 5.52. The van der Waals surface area contributed by atoms with Gasteiger partial charge in [-0.25, -0.2) is 9.97 Å². The molecule has 1 N–H and O–H groups in total. The van der Waals surface area contributed by atoms with Gasteiger partial charge < -0.3 is 10.0 Å². The molecule has 136 valence electrons. The number of hydrogen-bond acceptors (Lipinski definition) is 4. The molecule has 0 saturated carbocycles. The third-order valence-electron chi connectivity index (χ3n) is 4.73. The van der Waals surface area contributed by atoms with Crippen molar-refractivity contribution < 1.29 is 5.11 Å². The highest BCUT2D eigenvalue weighted by atomic mass is 16.3. The van der Waals surface area contributed by atoms with Gasteiger partial charge in [-0.3, -0.25) is 0 Å². The van der Waals surface area contributed by atoms with E-state index in [9.17, 15) is 5.11 Å². The zero-order valence-electron chi connectivity index (χ0n) is 15.4. The van der Waals surface area contributed by atoms with E-state index in [-0.39, 0.29) is 11.7 Å². The first-order chi connectivity index (χ1) is 12.7. The molecule has 1 aromatic rings. The summed E-state index contributed by atoms with van der Waals surface area (Å²) in [4.78, 5) is 12.2. The Hall–Kier alpha value is -2.62. The second-order valence-corrected chi connectivity index (χ2v) is 6.63. The Morgan fingerprint density at radius 2 is 2.08 bits per heavy atom. The number of aromatic nitrogens is 2. The number of piperidine rings is 1. The van der Waals surface area contributed by atoms with Gasteiger partial charge in [-0.2, -0.15) is 0 Å². The Morgan fingerprint density at radius 1 is 1.27 bits per heavy atom. The summed E-state index contributed by atoms with van der Waals surface area (Å²) < 4.78 is 0. The fraction of sp³-hybridized carbons (Fsp3) is 0.364. The van der Waals surface area contributed by atoms with Gasteiger partial charge in [0.05, 0.1) is 11.3 Å². The standard InChI is InChI=1S/C22H27N3O/c1-3-11-17(16-18(26)4-2)21-23-20-13-8-5-7-12-19(20)22(24-21)25-14-9-6-10-15-25/h3-5,8,11-13,16-17,26H,2,6-7,9-10,14-15H2,1H3/b11-3-,18-16?. The molecule has 1 aliphatic heterocycles. The molecular formula is C22H27N3O. The van der Waals surface area contributed by atoms with Crippen molar-refractivity contribution in [3.63, 3.8) is 0 Å². The van der Waals surface area contributed by atoms with Crippen LogP contribution in [0.25, 0.3) is 12.2 Å². The van der Waals surface area contributed by atoms with Gasteiger partial charge in [-0.1, -0.05) is 37.0 Å². The lowest BCUT2D eigenvalue weighted by atomic mass is 10.1. The maximum atomic E-state index is 9.94. The number of fused-ring (bicyclic) bond motifs is 1. The second-order valence-electron chi connectivity index (χ2n) is 6.63. The molecule has 1 unspecified atom stereocenters. The van der Waals surface area contributed by atoms with E-state index in [2.05, 4.69) is 35.8 Å². The maximum Gasteiger partial charge on any atom is 0.142 e. The van der Waals surface area contributed by atoms with Crippen LogP contribution in [0.4, 0.5) is 5.82 Å². The summed E-state index contributed by atoms with van der Waals surface area (Å²) >= 11 is 0. The molecule has 2 heterocycles. The largest absolute Gasteiger partial charge is 0.508 e. The van der Waals surface area contributed by atoms with E-state index in [1.807, 2.05) is 19.1 Å². The van der Waals surface area contributed by atoms with E-state index in [4.69, 9.17) is 9.97 Å². The predicted molar refractivity (Wildman–Crippen MR) is 108 cm³/mol. The molecule has 0 radical (unpaired) electrons. The third kappa shape index (κ3) is 4.13. The van der Waals surface area contributed by atoms with Crippen molar-refractivity contribution in [1.82, 2.24) is 9.97 Å². The number of nitrogens with zero attached hydrogens (tertiary/aromatic N) is 3. The molecule has 1 aliphatic carbocycles. The number of allylic oxidation sites excluding steroid dienone is 6. The van der Waals surface area contributed by atoms with Gasteiger partial charge in [0.1, 0.15) is 17.4 Å². The topological polar surface area (TPSA) is 49.3 Å². The molecule has 0 aromatic carbocycles. The van der Waals surface area contributed by atoms with Gasteiger partial charge in [0.25, 0.3) is 0 Å². The molecule has 4 heteroatoms. The molecule has 0 spiro atoms. The van der Waals surface area contributed by atoms with Crippen molar-refractivity contribution in [1.29, 1.82) is 0 Å². The van der Waals surface area contributed by atoms with E-state index in [1.54, 1.807) is 6.08 Å². The minimum absolute atomic E-state index is 0.140. The fourth-order valence-corrected chi connectivity index (χ4v) is 3.41. The van der Waals surface area contributed by atoms with Crippen molar-refractivity contribution >= 4 is 18.0 Å². The van der Waals surface area contributed by atoms with Crippen LogP contribution in [0, 0.1) is 0 Å². The minimum Gasteiger partial charge on any atom is -0.508 e. The zero-order chi connectivity index (χ0) is 18.4. The Kier molecular flexibility index (Phi) is 6.05. The quantitative estimate of drug-likeness (QED) is 0.503. The van der Waals surface area contributed by atoms with Crippen LogP contribution in [0.5, 0.6) is 0 Å². The first-order valence-corrected chi connectivity index (χ1v) is 9.39. The number of hydrogen-bond donors (Lipinski definition) is 1. The lowest BCUT2D eigenvalue weighted by Gasteiger charge is -2.28. The van der Waals surface area contributed by atoms with Crippen molar-refractivity contribution in [2.45, 2.75) is 38.5 Å². The molecule has 2 aliphatic rings. The summed E-state index contributed by atoms with van der Waals surface area (Å²) in [6.07, 6.45) is 20.2. The highest BCUT2D eigenvalue weighted by Crippen LogP contribution is 2.19. The lowest BCUT2D eigenvalue weighted by Crippen LogP contribution is -2.41. The molecule has 0 amide bonds. The van der Waals surface area contributed by atoms with Crippen LogP contribution in [0.2, 0.25) is 0 Å². The number of aliphatic hydroxyl groups is 1. The number of aliphatic hydroxyl groups excluding tert-OH is 1. The van der Waals surface area contributed by atoms with Crippen LogP contribution in [0.15, 0.2) is 48.8 Å². The molecule has 26 heavy (non-hydrogen) atoms. The summed E-state index contributed by atoms with van der Waals surface area (Å²) in [5, 5.41) is 12.0. The van der Waals surface area contributed by atoms with Crippen LogP contribution < -0.4 is 15.5 Å². The monoisotopic (exact) mass is 349 g/mol. The average molecular weight is 349 g/mol. The molecule has 1 fully saturated rings. The summed E-state index contributed by atoms with van der Waals surface area (Å²) in [6.45, 7) is 7.66. The summed E-state index contributed by atoms with van der Waals surface area (Å²) in [7, 11) is 0. The SMILES string of the molecule is C=CC(O)=CC(/C=C\C)c1nc(N2CCCCC2)c2c(n1)=CC=CCC=2. The van der Waals surface area contributed by atoms with Gasteiger partial charge in [-0.15, -0.1) is 0 Å². The van der Waals surface area contributed by atoms with E-state index < -0.39 is 0 Å². The van der Waals surface area contributed by atoms with Gasteiger partial charge in [0.15, 0.2) is 0 Å². The van der Waals surface area contributed by atoms with Crippen molar-refractivity contribution in [2.24, 2.45) is 0 Å². The Morgan fingerprint density at radius 3 is 2.81 bits per heavy atom. The van der Waals surface area contributed by atoms with Crippen LogP contribution in [-0.4, -0.2) is 28.2 Å². The van der Waals surface area contributed by atoms with Crippen LogP contribution in [0.3, 0.4) is 0 Å². The highest BCUT2D eigenvalue weighted by Gasteiger charge is 2.18. The van der Waals surface area contributed by atoms with E-state index in [0.717, 1.165) is 35.9 Å². The maximum absolute atomic E-state index is 9.94. The summed E-state index contributed by atoms with van der Waals surface area (Å²) in [6, 6.07) is 0. The smallest absolute Gasteiger partial charge is 0.142 e. The Bertz CT molecular complexity index is 858. The van der Waals surface area contributed by atoms with E-state index in [1.165, 1.54) is 25.3 Å². The molecule has 0 bridgehead atoms. The van der Waals surface area contributed by atoms with Crippen molar-refractivity contribution in [3.05, 3.63) is 65.2 Å². The van der Waals surface area contributed by atoms with Gasteiger partial charge in [-0.05, 0) is 50.8 Å². The fourth-order valence-electron chi connectivity index (χ4n) is 3.41. The van der Waals surface area contributed by atoms with Gasteiger partial charge >= 0.3 is 0 Å². The van der Waals surface area contributed by atoms with Crippen LogP contribution in [-0.2, 0) is 0 Å². The number of anilines is 1. The molecule has 1 aromatic heterocycles. The normalized spacial score (nSPS) is 18.7.